The van der Waals surface area contributed by atoms with Gasteiger partial charge >= 0.3 is 0 Å². The standard InChI is InChI=1S/C26H45NO18/c1-6-12(30)15(33)18(36)24(40-6)43-20-8(3)39-23(38)11(27-9(4)29)21(20)44-26-22(17(35)14(32)10(5-28)42-26)45-25-19(37)16(34)13(31)7(2)41-25/h6-8,10-26,28,30-38H,5H2,1-4H3,(H,27,29)/t6-,7-,8+,10+,11+,12+,13+,14-,15+,16+,17-,18-,19-,20+,21+,22+,23+,24-,25-,26-/m0/s1. The molecular formula is C26H45NO18. The van der Waals surface area contributed by atoms with E-state index in [0.717, 1.165) is 6.92 Å². The minimum atomic E-state index is -1.88. The smallest absolute Gasteiger partial charge is 0.217 e. The van der Waals surface area contributed by atoms with E-state index in [1.54, 1.807) is 0 Å². The van der Waals surface area contributed by atoms with Crippen LogP contribution in [-0.2, 0) is 38.0 Å². The number of amides is 1. The van der Waals surface area contributed by atoms with Gasteiger partial charge in [0.05, 0.1) is 24.9 Å². The van der Waals surface area contributed by atoms with Crippen molar-refractivity contribution in [2.45, 2.75) is 150 Å². The second kappa shape index (κ2) is 14.9. The number of aliphatic hydroxyl groups excluding tert-OH is 10. The molecule has 4 heterocycles. The van der Waals surface area contributed by atoms with Gasteiger partial charge in [0.15, 0.2) is 25.2 Å². The molecule has 4 saturated heterocycles. The van der Waals surface area contributed by atoms with Crippen LogP contribution >= 0.6 is 0 Å². The minimum absolute atomic E-state index is 0.646. The molecule has 4 aliphatic heterocycles. The summed E-state index contributed by atoms with van der Waals surface area (Å²) in [6, 6.07) is -1.42. The highest BCUT2D eigenvalue weighted by Crippen LogP contribution is 2.35. The summed E-state index contributed by atoms with van der Waals surface area (Å²) in [4.78, 5) is 12.1. The average molecular weight is 660 g/mol. The third kappa shape index (κ3) is 7.60. The SMILES string of the molecule is CC(=O)N[C@@H]1[C@@H](O[C@@H]2O[C@H](CO)[C@H](O)[C@H](O)[C@H]2O[C@@H]2O[C@@H](C)[C@@H](O)[C@@H](O)[C@@H]2O)[C@H](O[C@@H]2O[C@@H](C)[C@@H](O)[C@@H](O)[C@@H]2O)[C@@H](C)O[C@H]1O. The van der Waals surface area contributed by atoms with Crippen LogP contribution in [0.25, 0.3) is 0 Å². The van der Waals surface area contributed by atoms with Crippen molar-refractivity contribution in [1.29, 1.82) is 0 Å². The molecule has 0 unspecified atom stereocenters. The Morgan fingerprint density at radius 2 is 1.07 bits per heavy atom. The summed E-state index contributed by atoms with van der Waals surface area (Å²) >= 11 is 0. The molecule has 0 spiro atoms. The molecule has 0 aromatic heterocycles. The lowest BCUT2D eigenvalue weighted by Gasteiger charge is -2.50. The van der Waals surface area contributed by atoms with Gasteiger partial charge in [-0.05, 0) is 20.8 Å². The molecule has 0 saturated carbocycles. The molecule has 45 heavy (non-hydrogen) atoms. The minimum Gasteiger partial charge on any atom is -0.394 e. The molecule has 0 radical (unpaired) electrons. The van der Waals surface area contributed by atoms with E-state index in [0.29, 0.717) is 0 Å². The summed E-state index contributed by atoms with van der Waals surface area (Å²) in [5, 5.41) is 107. The molecule has 0 aliphatic carbocycles. The van der Waals surface area contributed by atoms with E-state index >= 15 is 0 Å². The lowest BCUT2D eigenvalue weighted by molar-refractivity contribution is -0.389. The molecule has 262 valence electrons. The van der Waals surface area contributed by atoms with Gasteiger partial charge in [-0.3, -0.25) is 4.79 Å². The lowest BCUT2D eigenvalue weighted by Crippen LogP contribution is -2.69. The Kier molecular flexibility index (Phi) is 12.1. The van der Waals surface area contributed by atoms with Crippen LogP contribution in [0.2, 0.25) is 0 Å². The molecule has 19 nitrogen and oxygen atoms in total. The predicted octanol–water partition coefficient (Wildman–Crippen LogP) is -6.52. The largest absolute Gasteiger partial charge is 0.394 e. The van der Waals surface area contributed by atoms with E-state index in [1.807, 2.05) is 0 Å². The number of hydrogen-bond acceptors (Lipinski definition) is 18. The fourth-order valence-electron chi connectivity index (χ4n) is 5.78. The van der Waals surface area contributed by atoms with E-state index in [1.165, 1.54) is 20.8 Å². The number of aliphatic hydroxyl groups is 10. The van der Waals surface area contributed by atoms with Crippen molar-refractivity contribution in [3.8, 4) is 0 Å². The van der Waals surface area contributed by atoms with Crippen molar-refractivity contribution in [3.63, 3.8) is 0 Å². The molecule has 0 aromatic rings. The van der Waals surface area contributed by atoms with Crippen molar-refractivity contribution >= 4 is 5.91 Å². The second-order valence-electron chi connectivity index (χ2n) is 11.8. The van der Waals surface area contributed by atoms with Crippen LogP contribution in [0.15, 0.2) is 0 Å². The Balaban J connectivity index is 1.66. The van der Waals surface area contributed by atoms with E-state index in [4.69, 9.17) is 33.2 Å². The molecular weight excluding hydrogens is 614 g/mol. The van der Waals surface area contributed by atoms with Crippen LogP contribution in [0.3, 0.4) is 0 Å². The third-order valence-electron chi connectivity index (χ3n) is 8.49. The summed E-state index contributed by atoms with van der Waals surface area (Å²) in [7, 11) is 0. The van der Waals surface area contributed by atoms with Crippen LogP contribution in [0, 0.1) is 0 Å². The molecule has 1 amide bonds. The van der Waals surface area contributed by atoms with Crippen molar-refractivity contribution in [2.75, 3.05) is 6.61 Å². The van der Waals surface area contributed by atoms with Crippen LogP contribution < -0.4 is 5.32 Å². The normalized spacial score (nSPS) is 52.8. The first-order chi connectivity index (χ1) is 21.1. The summed E-state index contributed by atoms with van der Waals surface area (Å²) < 4.78 is 40.1. The topological polar surface area (TPSA) is 296 Å². The maximum atomic E-state index is 12.1. The highest BCUT2D eigenvalue weighted by atomic mass is 16.8. The molecule has 0 aromatic carbocycles. The number of hydrogen-bond donors (Lipinski definition) is 11. The third-order valence-corrected chi connectivity index (χ3v) is 8.49. The molecule has 11 N–H and O–H groups in total. The first-order valence-corrected chi connectivity index (χ1v) is 14.7. The molecule has 4 aliphatic rings. The monoisotopic (exact) mass is 659 g/mol. The molecule has 4 fully saturated rings. The van der Waals surface area contributed by atoms with Crippen LogP contribution in [0.4, 0.5) is 0 Å². The van der Waals surface area contributed by atoms with Gasteiger partial charge in [0, 0.05) is 6.92 Å². The number of carbonyl (C=O) groups is 1. The first kappa shape index (κ1) is 36.6. The maximum Gasteiger partial charge on any atom is 0.217 e. The van der Waals surface area contributed by atoms with E-state index < -0.39 is 135 Å². The molecule has 20 atom stereocenters. The lowest BCUT2D eigenvalue weighted by atomic mass is 9.94. The zero-order valence-electron chi connectivity index (χ0n) is 25.0. The van der Waals surface area contributed by atoms with E-state index in [9.17, 15) is 55.9 Å². The second-order valence-corrected chi connectivity index (χ2v) is 11.8. The van der Waals surface area contributed by atoms with Crippen LogP contribution in [0.5, 0.6) is 0 Å². The van der Waals surface area contributed by atoms with Crippen LogP contribution in [0.1, 0.15) is 27.7 Å². The first-order valence-electron chi connectivity index (χ1n) is 14.7. The summed E-state index contributed by atoms with van der Waals surface area (Å²) in [6.45, 7) is 4.59. The number of rotatable bonds is 8. The fourth-order valence-corrected chi connectivity index (χ4v) is 5.78. The molecule has 0 bridgehead atoms. The van der Waals surface area contributed by atoms with Gasteiger partial charge in [0.25, 0.3) is 0 Å². The van der Waals surface area contributed by atoms with Gasteiger partial charge in [0.1, 0.15) is 79.3 Å². The summed E-state index contributed by atoms with van der Waals surface area (Å²) in [6.07, 6.45) is -29.5. The molecule has 19 heteroatoms. The van der Waals surface area contributed by atoms with Crippen molar-refractivity contribution in [3.05, 3.63) is 0 Å². The Bertz CT molecular complexity index is 980. The van der Waals surface area contributed by atoms with Crippen molar-refractivity contribution in [2.24, 2.45) is 0 Å². The number of carbonyl (C=O) groups excluding carboxylic acids is 1. The Morgan fingerprint density at radius 3 is 1.56 bits per heavy atom. The zero-order valence-corrected chi connectivity index (χ0v) is 25.0. The Morgan fingerprint density at radius 1 is 0.578 bits per heavy atom. The summed E-state index contributed by atoms with van der Waals surface area (Å²) in [5.74, 6) is -0.646. The van der Waals surface area contributed by atoms with Crippen LogP contribution in [-0.4, -0.2) is 186 Å². The van der Waals surface area contributed by atoms with Gasteiger partial charge in [-0.1, -0.05) is 0 Å². The zero-order chi connectivity index (χ0) is 33.5. The van der Waals surface area contributed by atoms with Gasteiger partial charge < -0.3 is 89.5 Å². The fraction of sp³-hybridized carbons (Fsp3) is 0.962. The quantitative estimate of drug-likeness (QED) is 0.115. The predicted molar refractivity (Wildman–Crippen MR) is 141 cm³/mol. The van der Waals surface area contributed by atoms with E-state index in [2.05, 4.69) is 5.32 Å². The average Bonchev–Trinajstić information content (AvgIpc) is 2.98. The van der Waals surface area contributed by atoms with Gasteiger partial charge in [0.2, 0.25) is 5.91 Å². The molecule has 4 rings (SSSR count). The number of nitrogens with one attached hydrogen (secondary N) is 1. The van der Waals surface area contributed by atoms with E-state index in [-0.39, 0.29) is 0 Å². The van der Waals surface area contributed by atoms with Gasteiger partial charge in [-0.15, -0.1) is 0 Å². The Hall–Kier alpha value is -1.21. The summed E-state index contributed by atoms with van der Waals surface area (Å²) in [5.41, 5.74) is 0. The van der Waals surface area contributed by atoms with Crippen molar-refractivity contribution in [1.82, 2.24) is 5.32 Å². The van der Waals surface area contributed by atoms with Crippen molar-refractivity contribution < 1.29 is 89.0 Å². The number of ether oxygens (including phenoxy) is 7. The van der Waals surface area contributed by atoms with Gasteiger partial charge in [-0.25, -0.2) is 0 Å². The Labute approximate surface area is 257 Å². The maximum absolute atomic E-state index is 12.1. The highest BCUT2D eigenvalue weighted by Gasteiger charge is 2.55. The highest BCUT2D eigenvalue weighted by molar-refractivity contribution is 5.73. The van der Waals surface area contributed by atoms with Gasteiger partial charge in [-0.2, -0.15) is 0 Å².